The number of hydrazine groups is 1. The van der Waals surface area contributed by atoms with Crippen molar-refractivity contribution in [2.24, 2.45) is 0 Å². The van der Waals surface area contributed by atoms with E-state index in [0.29, 0.717) is 13.1 Å². The molecule has 0 aromatic heterocycles. The molecule has 2 fully saturated rings. The summed E-state index contributed by atoms with van der Waals surface area (Å²) in [5.41, 5.74) is 3.04. The van der Waals surface area contributed by atoms with Gasteiger partial charge in [-0.3, -0.25) is 24.3 Å². The molecule has 1 atom stereocenters. The second-order valence-corrected chi connectivity index (χ2v) is 7.04. The summed E-state index contributed by atoms with van der Waals surface area (Å²) in [4.78, 5) is 40.5. The topological polar surface area (TPSA) is 85.0 Å². The Balaban J connectivity index is 1.43. The minimum atomic E-state index is -4.48. The Morgan fingerprint density at radius 1 is 0.968 bits per heavy atom. The van der Waals surface area contributed by atoms with E-state index in [-0.39, 0.29) is 5.69 Å². The standard InChI is InChI=1S/C20H18F3N5O3/c21-20(22,23)13-6-8-14(9-7-13)24-16(29)12-28-18(31)17(30)27-11-10-26(19(27)25-28)15-4-2-1-3-5-15/h1-9,19,25H,10-12H2,(H,24,29). The molecule has 2 aliphatic rings. The van der Waals surface area contributed by atoms with E-state index < -0.39 is 42.3 Å². The maximum atomic E-state index is 12.7. The van der Waals surface area contributed by atoms with Crippen LogP contribution in [0, 0.1) is 0 Å². The number of hydrogen-bond donors (Lipinski definition) is 2. The van der Waals surface area contributed by atoms with Crippen molar-refractivity contribution in [1.29, 1.82) is 0 Å². The van der Waals surface area contributed by atoms with Gasteiger partial charge in [-0.2, -0.15) is 18.6 Å². The lowest BCUT2D eigenvalue weighted by Gasteiger charge is -2.40. The van der Waals surface area contributed by atoms with Gasteiger partial charge in [0.15, 0.2) is 6.29 Å². The molecule has 2 aromatic carbocycles. The molecule has 4 rings (SSSR count). The van der Waals surface area contributed by atoms with Gasteiger partial charge in [0.2, 0.25) is 5.91 Å². The summed E-state index contributed by atoms with van der Waals surface area (Å²) in [5, 5.41) is 3.35. The maximum Gasteiger partial charge on any atom is 0.416 e. The van der Waals surface area contributed by atoms with Gasteiger partial charge in [-0.05, 0) is 36.4 Å². The molecule has 2 heterocycles. The minimum absolute atomic E-state index is 0.141. The first kappa shape index (κ1) is 20.7. The number of halogens is 3. The third-order valence-corrected chi connectivity index (χ3v) is 5.02. The molecule has 1 unspecified atom stereocenters. The van der Waals surface area contributed by atoms with Crippen LogP contribution in [0.25, 0.3) is 0 Å². The Morgan fingerprint density at radius 2 is 1.61 bits per heavy atom. The van der Waals surface area contributed by atoms with Gasteiger partial charge in [0.25, 0.3) is 0 Å². The van der Waals surface area contributed by atoms with Crippen LogP contribution in [0.3, 0.4) is 0 Å². The number of para-hydroxylation sites is 1. The number of nitrogens with one attached hydrogen (secondary N) is 2. The average Bonchev–Trinajstić information content (AvgIpc) is 3.16. The molecular weight excluding hydrogens is 415 g/mol. The van der Waals surface area contributed by atoms with Crippen molar-refractivity contribution in [1.82, 2.24) is 15.3 Å². The van der Waals surface area contributed by atoms with E-state index in [2.05, 4.69) is 10.7 Å². The molecule has 8 nitrogen and oxygen atoms in total. The lowest BCUT2D eigenvalue weighted by molar-refractivity contribution is -0.163. The first-order valence-corrected chi connectivity index (χ1v) is 9.41. The van der Waals surface area contributed by atoms with Crippen LogP contribution in [-0.4, -0.2) is 53.6 Å². The molecule has 2 aliphatic heterocycles. The summed E-state index contributed by atoms with van der Waals surface area (Å²) in [6, 6.07) is 13.2. The predicted molar refractivity (Wildman–Crippen MR) is 104 cm³/mol. The van der Waals surface area contributed by atoms with Gasteiger partial charge in [0.05, 0.1) is 5.56 Å². The molecule has 0 aliphatic carbocycles. The number of fused-ring (bicyclic) bond motifs is 1. The summed E-state index contributed by atoms with van der Waals surface area (Å²) >= 11 is 0. The van der Waals surface area contributed by atoms with Crippen molar-refractivity contribution in [3.63, 3.8) is 0 Å². The van der Waals surface area contributed by atoms with Gasteiger partial charge in [-0.25, -0.2) is 0 Å². The normalized spacial score (nSPS) is 18.9. The predicted octanol–water partition coefficient (Wildman–Crippen LogP) is 1.62. The van der Waals surface area contributed by atoms with Crippen LogP contribution in [0.15, 0.2) is 54.6 Å². The van der Waals surface area contributed by atoms with Crippen LogP contribution >= 0.6 is 0 Å². The van der Waals surface area contributed by atoms with Gasteiger partial charge in [0, 0.05) is 24.5 Å². The molecular formula is C20H18F3N5O3. The number of nitrogens with zero attached hydrogens (tertiary/aromatic N) is 3. The SMILES string of the molecule is O=C(CN1NC2N(CCN2c2ccccc2)C(=O)C1=O)Nc1ccc(C(F)(F)F)cc1. The molecule has 3 amide bonds. The molecule has 2 N–H and O–H groups in total. The molecule has 0 spiro atoms. The number of carbonyl (C=O) groups excluding carboxylic acids is 3. The summed E-state index contributed by atoms with van der Waals surface area (Å²) < 4.78 is 38.0. The minimum Gasteiger partial charge on any atom is -0.336 e. The highest BCUT2D eigenvalue weighted by Gasteiger charge is 2.45. The third-order valence-electron chi connectivity index (χ3n) is 5.02. The van der Waals surface area contributed by atoms with Gasteiger partial charge < -0.3 is 10.2 Å². The van der Waals surface area contributed by atoms with E-state index in [4.69, 9.17) is 0 Å². The highest BCUT2D eigenvalue weighted by molar-refractivity contribution is 6.35. The van der Waals surface area contributed by atoms with Crippen LogP contribution in [0.4, 0.5) is 24.5 Å². The number of alkyl halides is 3. The Kier molecular flexibility index (Phi) is 5.27. The Hall–Kier alpha value is -3.60. The highest BCUT2D eigenvalue weighted by atomic mass is 19.4. The average molecular weight is 433 g/mol. The van der Waals surface area contributed by atoms with Crippen LogP contribution in [0.5, 0.6) is 0 Å². The third kappa shape index (κ3) is 4.17. The van der Waals surface area contributed by atoms with Crippen LogP contribution in [-0.2, 0) is 20.6 Å². The first-order chi connectivity index (χ1) is 14.7. The fourth-order valence-corrected chi connectivity index (χ4v) is 3.51. The maximum absolute atomic E-state index is 12.7. The number of rotatable bonds is 4. The number of anilines is 2. The second kappa shape index (κ2) is 7.91. The van der Waals surface area contributed by atoms with E-state index >= 15 is 0 Å². The highest BCUT2D eigenvalue weighted by Crippen LogP contribution is 2.30. The zero-order valence-electron chi connectivity index (χ0n) is 16.1. The van der Waals surface area contributed by atoms with Crippen molar-refractivity contribution >= 4 is 29.1 Å². The number of benzene rings is 2. The smallest absolute Gasteiger partial charge is 0.336 e. The van der Waals surface area contributed by atoms with Gasteiger partial charge in [-0.1, -0.05) is 18.2 Å². The summed E-state index contributed by atoms with van der Waals surface area (Å²) in [6.07, 6.45) is -5.11. The van der Waals surface area contributed by atoms with Crippen LogP contribution in [0.1, 0.15) is 5.56 Å². The molecule has 2 aromatic rings. The monoisotopic (exact) mass is 433 g/mol. The summed E-state index contributed by atoms with van der Waals surface area (Å²) in [6.45, 7) is 0.369. The van der Waals surface area contributed by atoms with Gasteiger partial charge in [0.1, 0.15) is 6.54 Å². The summed E-state index contributed by atoms with van der Waals surface area (Å²) in [5.74, 6) is -2.27. The van der Waals surface area contributed by atoms with Crippen molar-refractivity contribution in [2.45, 2.75) is 12.5 Å². The lowest BCUT2D eigenvalue weighted by Crippen LogP contribution is -2.68. The quantitative estimate of drug-likeness (QED) is 0.716. The van der Waals surface area contributed by atoms with Crippen LogP contribution in [0.2, 0.25) is 0 Å². The Labute approximate surface area is 175 Å². The van der Waals surface area contributed by atoms with Gasteiger partial charge >= 0.3 is 18.0 Å². The lowest BCUT2D eigenvalue weighted by atomic mass is 10.2. The number of hydrogen-bond acceptors (Lipinski definition) is 5. The summed E-state index contributed by atoms with van der Waals surface area (Å²) in [7, 11) is 0. The molecule has 0 saturated carbocycles. The van der Waals surface area contributed by atoms with E-state index in [9.17, 15) is 27.6 Å². The molecule has 0 bridgehead atoms. The van der Waals surface area contributed by atoms with E-state index in [0.717, 1.165) is 35.0 Å². The Morgan fingerprint density at radius 3 is 2.26 bits per heavy atom. The molecule has 0 radical (unpaired) electrons. The molecule has 31 heavy (non-hydrogen) atoms. The van der Waals surface area contributed by atoms with Crippen molar-refractivity contribution in [3.8, 4) is 0 Å². The number of amides is 3. The largest absolute Gasteiger partial charge is 0.416 e. The zero-order chi connectivity index (χ0) is 22.2. The van der Waals surface area contributed by atoms with Crippen molar-refractivity contribution in [3.05, 3.63) is 60.2 Å². The molecule has 2 saturated heterocycles. The Bertz CT molecular complexity index is 997. The first-order valence-electron chi connectivity index (χ1n) is 9.41. The second-order valence-electron chi connectivity index (χ2n) is 7.04. The number of carbonyl (C=O) groups is 3. The van der Waals surface area contributed by atoms with Crippen molar-refractivity contribution in [2.75, 3.05) is 29.9 Å². The van der Waals surface area contributed by atoms with Crippen molar-refractivity contribution < 1.29 is 27.6 Å². The van der Waals surface area contributed by atoms with Crippen LogP contribution < -0.4 is 15.6 Å². The van der Waals surface area contributed by atoms with E-state index in [1.807, 2.05) is 35.2 Å². The van der Waals surface area contributed by atoms with E-state index in [1.54, 1.807) is 0 Å². The zero-order valence-corrected chi connectivity index (χ0v) is 16.1. The molecule has 11 heteroatoms. The molecule has 162 valence electrons. The van der Waals surface area contributed by atoms with Gasteiger partial charge in [-0.15, -0.1) is 0 Å². The van der Waals surface area contributed by atoms with E-state index in [1.165, 1.54) is 4.90 Å². The fourth-order valence-electron chi connectivity index (χ4n) is 3.51. The fraction of sp³-hybridized carbons (Fsp3) is 0.250.